The van der Waals surface area contributed by atoms with Crippen molar-refractivity contribution in [1.29, 1.82) is 0 Å². The lowest BCUT2D eigenvalue weighted by Gasteiger charge is -2.18. The van der Waals surface area contributed by atoms with Gasteiger partial charge in [-0.1, -0.05) is 180 Å². The number of carbonyl (C=O) groups is 2. The number of hydrogen-bond donors (Lipinski definition) is 2. The van der Waals surface area contributed by atoms with Crippen molar-refractivity contribution in [2.75, 3.05) is 13.2 Å². The molecule has 0 aliphatic rings. The molecule has 0 heterocycles. The Bertz CT molecular complexity index is 827. The number of carbonyl (C=O) groups excluding carboxylic acids is 2. The van der Waals surface area contributed by atoms with E-state index in [-0.39, 0.29) is 19.4 Å². The van der Waals surface area contributed by atoms with Gasteiger partial charge in [-0.15, -0.1) is 0 Å². The Balaban J connectivity index is 3.90. The van der Waals surface area contributed by atoms with Crippen LogP contribution >= 0.6 is 7.82 Å². The lowest BCUT2D eigenvalue weighted by Crippen LogP contribution is -2.29. The molecule has 8 nitrogen and oxygen atoms in total. The summed E-state index contributed by atoms with van der Waals surface area (Å²) in [4.78, 5) is 42.8. The maximum Gasteiger partial charge on any atom is 0.469 e. The first kappa shape index (κ1) is 48.8. The summed E-state index contributed by atoms with van der Waals surface area (Å²) in [6, 6.07) is 0. The van der Waals surface area contributed by atoms with E-state index in [9.17, 15) is 14.2 Å². The molecule has 0 saturated heterocycles. The summed E-state index contributed by atoms with van der Waals surface area (Å²) in [5.41, 5.74) is 0. The standard InChI is InChI=1S/C41H79O8P/c1-3-5-7-9-11-13-15-17-19-20-22-24-26-28-30-32-34-36-41(43)49-39(38-48-50(44,45)46)37-47-40(42)35-33-31-29-27-25-23-21-18-16-14-12-10-8-6-4-2/h23,25,39H,3-22,24,26-38H2,1-2H3,(H2,44,45,46)/b25-23+/t39-/m1/s1. The number of hydrogen-bond acceptors (Lipinski definition) is 6. The number of ether oxygens (including phenoxy) is 2. The van der Waals surface area contributed by atoms with E-state index in [4.69, 9.17) is 19.3 Å². The van der Waals surface area contributed by atoms with Crippen LogP contribution in [-0.4, -0.2) is 41.0 Å². The number of esters is 2. The van der Waals surface area contributed by atoms with E-state index in [1.807, 2.05) is 0 Å². The number of phosphoric ester groups is 1. The monoisotopic (exact) mass is 731 g/mol. The molecule has 0 aromatic rings. The van der Waals surface area contributed by atoms with Crippen LogP contribution in [0.1, 0.15) is 219 Å². The van der Waals surface area contributed by atoms with Crippen molar-refractivity contribution in [2.45, 2.75) is 225 Å². The molecule has 50 heavy (non-hydrogen) atoms. The highest BCUT2D eigenvalue weighted by Gasteiger charge is 2.22. The average molecular weight is 731 g/mol. The lowest BCUT2D eigenvalue weighted by atomic mass is 10.0. The quantitative estimate of drug-likeness (QED) is 0.0278. The Morgan fingerprint density at radius 3 is 1.24 bits per heavy atom. The molecule has 1 atom stereocenters. The summed E-state index contributed by atoms with van der Waals surface area (Å²) in [5.74, 6) is -0.891. The summed E-state index contributed by atoms with van der Waals surface area (Å²) in [6.45, 7) is 3.69. The topological polar surface area (TPSA) is 119 Å². The minimum Gasteiger partial charge on any atom is -0.462 e. The van der Waals surface area contributed by atoms with Gasteiger partial charge in [0.05, 0.1) is 6.61 Å². The van der Waals surface area contributed by atoms with E-state index in [0.717, 1.165) is 44.9 Å². The van der Waals surface area contributed by atoms with Crippen LogP contribution in [0.25, 0.3) is 0 Å². The zero-order chi connectivity index (χ0) is 36.8. The zero-order valence-electron chi connectivity index (χ0n) is 32.6. The molecule has 0 aromatic carbocycles. The van der Waals surface area contributed by atoms with Crippen LogP contribution in [0.4, 0.5) is 0 Å². The van der Waals surface area contributed by atoms with Crippen LogP contribution in [0.3, 0.4) is 0 Å². The molecule has 0 radical (unpaired) electrons. The van der Waals surface area contributed by atoms with Crippen LogP contribution in [0.2, 0.25) is 0 Å². The number of allylic oxidation sites excluding steroid dienone is 2. The van der Waals surface area contributed by atoms with E-state index in [1.165, 1.54) is 135 Å². The van der Waals surface area contributed by atoms with Gasteiger partial charge in [0, 0.05) is 12.8 Å². The number of phosphoric acid groups is 1. The van der Waals surface area contributed by atoms with Gasteiger partial charge in [-0.2, -0.15) is 0 Å². The normalized spacial score (nSPS) is 12.5. The second-order valence-electron chi connectivity index (χ2n) is 14.3. The van der Waals surface area contributed by atoms with E-state index in [1.54, 1.807) is 0 Å². The van der Waals surface area contributed by atoms with Gasteiger partial charge in [-0.05, 0) is 38.5 Å². The van der Waals surface area contributed by atoms with Crippen molar-refractivity contribution in [3.05, 3.63) is 12.2 Å². The van der Waals surface area contributed by atoms with Crippen LogP contribution < -0.4 is 0 Å². The van der Waals surface area contributed by atoms with E-state index < -0.39 is 32.5 Å². The van der Waals surface area contributed by atoms with Crippen LogP contribution in [0.5, 0.6) is 0 Å². The Kier molecular flexibility index (Phi) is 36.6. The minimum atomic E-state index is -4.75. The van der Waals surface area contributed by atoms with Crippen molar-refractivity contribution in [3.8, 4) is 0 Å². The molecule has 296 valence electrons. The molecule has 0 bridgehead atoms. The Morgan fingerprint density at radius 2 is 0.840 bits per heavy atom. The molecule has 0 aromatic heterocycles. The van der Waals surface area contributed by atoms with Gasteiger partial charge >= 0.3 is 19.8 Å². The molecule has 0 amide bonds. The third kappa shape index (κ3) is 39.6. The maximum atomic E-state index is 12.4. The lowest BCUT2D eigenvalue weighted by molar-refractivity contribution is -0.161. The predicted molar refractivity (Wildman–Crippen MR) is 207 cm³/mol. The molecule has 0 rings (SSSR count). The number of rotatable bonds is 39. The van der Waals surface area contributed by atoms with Gasteiger partial charge in [0.1, 0.15) is 6.61 Å². The molecule has 2 N–H and O–H groups in total. The van der Waals surface area contributed by atoms with Crippen molar-refractivity contribution in [3.63, 3.8) is 0 Å². The summed E-state index contributed by atoms with van der Waals surface area (Å²) in [7, 11) is -4.75. The van der Waals surface area contributed by atoms with Gasteiger partial charge in [-0.25, -0.2) is 4.57 Å². The summed E-state index contributed by atoms with van der Waals surface area (Å²) < 4.78 is 26.4. The van der Waals surface area contributed by atoms with Crippen molar-refractivity contribution in [1.82, 2.24) is 0 Å². The fraction of sp³-hybridized carbons (Fsp3) is 0.902. The Hall–Kier alpha value is -1.21. The summed E-state index contributed by atoms with van der Waals surface area (Å²) in [5, 5.41) is 0. The van der Waals surface area contributed by atoms with E-state index in [0.29, 0.717) is 12.8 Å². The van der Waals surface area contributed by atoms with Gasteiger partial charge in [0.2, 0.25) is 0 Å². The molecular weight excluding hydrogens is 651 g/mol. The molecule has 0 unspecified atom stereocenters. The maximum absolute atomic E-state index is 12.4. The van der Waals surface area contributed by atoms with Crippen molar-refractivity contribution in [2.24, 2.45) is 0 Å². The third-order valence-corrected chi connectivity index (χ3v) is 9.77. The first-order valence-corrected chi connectivity index (χ1v) is 22.5. The van der Waals surface area contributed by atoms with Gasteiger partial charge in [0.15, 0.2) is 6.10 Å². The highest BCUT2D eigenvalue weighted by atomic mass is 31.2. The van der Waals surface area contributed by atoms with Crippen molar-refractivity contribution < 1.29 is 37.9 Å². The minimum absolute atomic E-state index is 0.215. The molecule has 0 saturated carbocycles. The second-order valence-corrected chi connectivity index (χ2v) is 15.6. The number of unbranched alkanes of at least 4 members (excludes halogenated alkanes) is 27. The highest BCUT2D eigenvalue weighted by Crippen LogP contribution is 2.36. The van der Waals surface area contributed by atoms with Gasteiger partial charge in [0.25, 0.3) is 0 Å². The van der Waals surface area contributed by atoms with Crippen LogP contribution in [0, 0.1) is 0 Å². The molecule has 0 aliphatic carbocycles. The van der Waals surface area contributed by atoms with Crippen molar-refractivity contribution >= 4 is 19.8 Å². The van der Waals surface area contributed by atoms with E-state index >= 15 is 0 Å². The van der Waals surface area contributed by atoms with Gasteiger partial charge in [-0.3, -0.25) is 14.1 Å². The van der Waals surface area contributed by atoms with Crippen LogP contribution in [0.15, 0.2) is 12.2 Å². The van der Waals surface area contributed by atoms with Gasteiger partial charge < -0.3 is 19.3 Å². The fourth-order valence-electron chi connectivity index (χ4n) is 6.13. The second kappa shape index (κ2) is 37.5. The Morgan fingerprint density at radius 1 is 0.500 bits per heavy atom. The van der Waals surface area contributed by atoms with E-state index in [2.05, 4.69) is 30.5 Å². The molecule has 0 spiro atoms. The average Bonchev–Trinajstić information content (AvgIpc) is 3.08. The largest absolute Gasteiger partial charge is 0.469 e. The Labute approximate surface area is 307 Å². The molecule has 9 heteroatoms. The first-order chi connectivity index (χ1) is 24.3. The zero-order valence-corrected chi connectivity index (χ0v) is 33.5. The highest BCUT2D eigenvalue weighted by molar-refractivity contribution is 7.46. The summed E-state index contributed by atoms with van der Waals surface area (Å²) in [6.07, 6.45) is 40.8. The smallest absolute Gasteiger partial charge is 0.462 e. The SMILES string of the molecule is CCCCCCCCCC/C=C/CCCCCC(=O)OC[C@H](COP(=O)(O)O)OC(=O)CCCCCCCCCCCCCCCCCCC. The predicted octanol–water partition coefficient (Wildman–Crippen LogP) is 12.6. The third-order valence-electron chi connectivity index (χ3n) is 9.28. The fourth-order valence-corrected chi connectivity index (χ4v) is 6.49. The molecule has 0 fully saturated rings. The first-order valence-electron chi connectivity index (χ1n) is 21.0. The molecular formula is C41H79O8P. The molecule has 0 aliphatic heterocycles. The summed E-state index contributed by atoms with van der Waals surface area (Å²) >= 11 is 0. The van der Waals surface area contributed by atoms with Crippen LogP contribution in [-0.2, 0) is 28.2 Å².